The summed E-state index contributed by atoms with van der Waals surface area (Å²) in [6, 6.07) is 12.1. The lowest BCUT2D eigenvalue weighted by Crippen LogP contribution is -2.31. The van der Waals surface area contributed by atoms with Crippen molar-refractivity contribution in [2.45, 2.75) is 13.8 Å². The van der Waals surface area contributed by atoms with E-state index in [0.29, 0.717) is 5.69 Å². The molecule has 2 rings (SSSR count). The Morgan fingerprint density at radius 3 is 2.50 bits per heavy atom. The Bertz CT molecular complexity index is 884. The molecule has 0 radical (unpaired) electrons. The highest BCUT2D eigenvalue weighted by molar-refractivity contribution is 5.92. The maximum Gasteiger partial charge on any atom is 0.343 e. The van der Waals surface area contributed by atoms with E-state index in [1.54, 1.807) is 24.3 Å². The van der Waals surface area contributed by atoms with E-state index in [2.05, 4.69) is 26.4 Å². The third kappa shape index (κ3) is 4.87. The monoisotopic (exact) mass is 346 g/mol. The van der Waals surface area contributed by atoms with Crippen molar-refractivity contribution in [3.63, 3.8) is 0 Å². The summed E-state index contributed by atoms with van der Waals surface area (Å²) >= 11 is 0. The second-order valence-electron chi connectivity index (χ2n) is 5.48. The summed E-state index contributed by atoms with van der Waals surface area (Å²) in [5.41, 5.74) is 12.3. The molecule has 0 atom stereocenters. The minimum Gasteiger partial charge on any atom is -0.306 e. The van der Waals surface area contributed by atoms with Crippen molar-refractivity contribution in [1.82, 2.24) is 5.01 Å². The molecule has 7 heteroatoms. The minimum atomic E-state index is -0.415. The van der Waals surface area contributed by atoms with Gasteiger partial charge >= 0.3 is 6.03 Å². The summed E-state index contributed by atoms with van der Waals surface area (Å²) in [6.07, 6.45) is 6.87. The number of nitrogens with one attached hydrogen (secondary N) is 1. The molecule has 1 N–H and O–H groups in total. The zero-order valence-corrected chi connectivity index (χ0v) is 14.5. The molecular formula is C19H18N6O. The first kappa shape index (κ1) is 18.6. The number of hydrazone groups is 1. The number of benzene rings is 2. The van der Waals surface area contributed by atoms with Crippen LogP contribution in [0.5, 0.6) is 0 Å². The van der Waals surface area contributed by atoms with E-state index in [4.69, 9.17) is 12.0 Å². The Morgan fingerprint density at radius 1 is 1.27 bits per heavy atom. The molecule has 2 aromatic carbocycles. The lowest BCUT2D eigenvalue weighted by Gasteiger charge is -2.17. The van der Waals surface area contributed by atoms with Gasteiger partial charge in [0.1, 0.15) is 6.54 Å². The van der Waals surface area contributed by atoms with Crippen molar-refractivity contribution in [3.8, 4) is 12.3 Å². The zero-order valence-electron chi connectivity index (χ0n) is 14.5. The van der Waals surface area contributed by atoms with E-state index in [9.17, 15) is 4.79 Å². The number of hydrogen-bond acceptors (Lipinski definition) is 3. The van der Waals surface area contributed by atoms with Crippen molar-refractivity contribution in [3.05, 3.63) is 69.6 Å². The third-order valence-electron chi connectivity index (χ3n) is 3.59. The quantitative estimate of drug-likeness (QED) is 0.208. The van der Waals surface area contributed by atoms with Crippen LogP contribution in [0, 0.1) is 26.2 Å². The average molecular weight is 346 g/mol. The highest BCUT2D eigenvalue weighted by atomic mass is 16.2. The minimum absolute atomic E-state index is 0.0318. The van der Waals surface area contributed by atoms with Crippen LogP contribution in [0.4, 0.5) is 16.2 Å². The molecule has 0 fully saturated rings. The van der Waals surface area contributed by atoms with Gasteiger partial charge in [-0.2, -0.15) is 5.10 Å². The number of carbonyl (C=O) groups excluding carboxylic acids is 1. The van der Waals surface area contributed by atoms with Crippen molar-refractivity contribution < 1.29 is 4.79 Å². The van der Waals surface area contributed by atoms with Gasteiger partial charge in [0.05, 0.1) is 6.21 Å². The van der Waals surface area contributed by atoms with Gasteiger partial charge in [0.25, 0.3) is 0 Å². The molecule has 2 amide bonds. The lowest BCUT2D eigenvalue weighted by atomic mass is 10.1. The van der Waals surface area contributed by atoms with Gasteiger partial charge in [-0.05, 0) is 36.1 Å². The molecule has 26 heavy (non-hydrogen) atoms. The fourth-order valence-corrected chi connectivity index (χ4v) is 2.25. The number of terminal acetylenes is 1. The molecule has 0 aliphatic heterocycles. The first-order valence-electron chi connectivity index (χ1n) is 7.82. The Labute approximate surface area is 152 Å². The smallest absolute Gasteiger partial charge is 0.306 e. The number of nitrogens with zero attached hydrogens (tertiary/aromatic N) is 5. The zero-order chi connectivity index (χ0) is 18.9. The number of carbonyl (C=O) groups is 1. The van der Waals surface area contributed by atoms with Crippen molar-refractivity contribution >= 4 is 23.6 Å². The van der Waals surface area contributed by atoms with Crippen LogP contribution in [-0.4, -0.2) is 23.8 Å². The number of urea groups is 1. The molecule has 0 saturated heterocycles. The molecule has 2 aromatic rings. The Kier molecular flexibility index (Phi) is 6.38. The van der Waals surface area contributed by atoms with Gasteiger partial charge in [-0.3, -0.25) is 0 Å². The van der Waals surface area contributed by atoms with Crippen LogP contribution in [-0.2, 0) is 0 Å². The molecule has 0 spiro atoms. The van der Waals surface area contributed by atoms with Crippen molar-refractivity contribution in [2.24, 2.45) is 10.2 Å². The normalized spacial score (nSPS) is 10.0. The topological polar surface area (TPSA) is 93.5 Å². The first-order chi connectivity index (χ1) is 12.5. The summed E-state index contributed by atoms with van der Waals surface area (Å²) in [7, 11) is 0. The van der Waals surface area contributed by atoms with Crippen LogP contribution in [0.1, 0.15) is 16.7 Å². The van der Waals surface area contributed by atoms with Crippen LogP contribution in [0.15, 0.2) is 52.7 Å². The number of azide groups is 1. The summed E-state index contributed by atoms with van der Waals surface area (Å²) in [5, 5.41) is 11.7. The predicted molar refractivity (Wildman–Crippen MR) is 103 cm³/mol. The Morgan fingerprint density at radius 2 is 1.92 bits per heavy atom. The van der Waals surface area contributed by atoms with Crippen LogP contribution >= 0.6 is 0 Å². The number of aryl methyl sites for hydroxylation is 2. The molecule has 0 aliphatic rings. The number of amides is 2. The van der Waals surface area contributed by atoms with Crippen LogP contribution in [0.25, 0.3) is 10.4 Å². The van der Waals surface area contributed by atoms with E-state index in [1.807, 2.05) is 32.0 Å². The highest BCUT2D eigenvalue weighted by Gasteiger charge is 2.13. The molecule has 0 saturated carbocycles. The van der Waals surface area contributed by atoms with Gasteiger partial charge < -0.3 is 5.32 Å². The van der Waals surface area contributed by atoms with Crippen LogP contribution < -0.4 is 5.32 Å². The van der Waals surface area contributed by atoms with Crippen molar-refractivity contribution in [1.29, 1.82) is 0 Å². The number of hydrogen-bond donors (Lipinski definition) is 1. The molecule has 0 aromatic heterocycles. The molecule has 0 bridgehead atoms. The number of anilines is 1. The molecule has 0 aliphatic carbocycles. The third-order valence-corrected chi connectivity index (χ3v) is 3.59. The van der Waals surface area contributed by atoms with E-state index in [1.165, 1.54) is 11.2 Å². The second kappa shape index (κ2) is 8.92. The largest absolute Gasteiger partial charge is 0.343 e. The molecule has 130 valence electrons. The Balaban J connectivity index is 2.15. The van der Waals surface area contributed by atoms with Gasteiger partial charge in [-0.1, -0.05) is 53.5 Å². The second-order valence-corrected chi connectivity index (χ2v) is 5.48. The lowest BCUT2D eigenvalue weighted by molar-refractivity contribution is 0.220. The van der Waals surface area contributed by atoms with E-state index in [-0.39, 0.29) is 6.54 Å². The standard InChI is InChI=1S/C19H18N6O/c1-4-12-25(19(26)22-18-14(2)6-5-7-15(18)3)21-13-16-8-10-17(11-9-16)23-24-20/h1,5-11,13H,12H2,2-3H3,(H,22,26)/b21-13+. The predicted octanol–water partition coefficient (Wildman–Crippen LogP) is 4.75. The maximum atomic E-state index is 12.5. The summed E-state index contributed by atoms with van der Waals surface area (Å²) in [4.78, 5) is 15.2. The molecule has 0 heterocycles. The molecule has 7 nitrogen and oxygen atoms in total. The van der Waals surface area contributed by atoms with Gasteiger partial charge in [-0.25, -0.2) is 9.80 Å². The molecular weight excluding hydrogens is 328 g/mol. The maximum absolute atomic E-state index is 12.5. The fraction of sp³-hybridized carbons (Fsp3) is 0.158. The average Bonchev–Trinajstić information content (AvgIpc) is 2.63. The molecule has 0 unspecified atom stereocenters. The highest BCUT2D eigenvalue weighted by Crippen LogP contribution is 2.20. The summed E-state index contributed by atoms with van der Waals surface area (Å²) < 4.78 is 0. The fourth-order valence-electron chi connectivity index (χ4n) is 2.25. The van der Waals surface area contributed by atoms with Gasteiger partial charge in [0.15, 0.2) is 0 Å². The van der Waals surface area contributed by atoms with Crippen LogP contribution in [0.2, 0.25) is 0 Å². The van der Waals surface area contributed by atoms with E-state index >= 15 is 0 Å². The van der Waals surface area contributed by atoms with Crippen molar-refractivity contribution in [2.75, 3.05) is 11.9 Å². The Hall–Kier alpha value is -3.75. The first-order valence-corrected chi connectivity index (χ1v) is 7.82. The summed E-state index contributed by atoms with van der Waals surface area (Å²) in [6.45, 7) is 3.87. The van der Waals surface area contributed by atoms with E-state index in [0.717, 1.165) is 22.4 Å². The van der Waals surface area contributed by atoms with Gasteiger partial charge in [0.2, 0.25) is 0 Å². The number of para-hydroxylation sites is 1. The van der Waals surface area contributed by atoms with Gasteiger partial charge in [-0.15, -0.1) is 6.42 Å². The summed E-state index contributed by atoms with van der Waals surface area (Å²) in [5.74, 6) is 2.42. The van der Waals surface area contributed by atoms with E-state index < -0.39 is 6.03 Å². The SMILES string of the molecule is C#CCN(/N=C/c1ccc(N=[N+]=[N-])cc1)C(=O)Nc1c(C)cccc1C. The van der Waals surface area contributed by atoms with Crippen LogP contribution in [0.3, 0.4) is 0 Å². The number of rotatable bonds is 5. The van der Waals surface area contributed by atoms with Gasteiger partial charge in [0, 0.05) is 16.3 Å².